The van der Waals surface area contributed by atoms with Gasteiger partial charge in [0.15, 0.2) is 6.04 Å². The van der Waals surface area contributed by atoms with Crippen LogP contribution in [0.25, 0.3) is 0 Å². The Balaban J connectivity index is 2.45. The van der Waals surface area contributed by atoms with Gasteiger partial charge >= 0.3 is 6.03 Å². The fraction of sp³-hybridized carbons (Fsp3) is 0.167. The van der Waals surface area contributed by atoms with Gasteiger partial charge in [-0.05, 0) is 5.56 Å². The molecule has 3 N–H and O–H groups in total. The molecule has 6 heteroatoms. The minimum atomic E-state index is -1.22. The van der Waals surface area contributed by atoms with Crippen LogP contribution in [0.5, 0.6) is 0 Å². The Morgan fingerprint density at radius 2 is 2.00 bits per heavy atom. The molecule has 0 heterocycles. The molecule has 0 saturated heterocycles. The topological polar surface area (TPSA) is 113 Å². The summed E-state index contributed by atoms with van der Waals surface area (Å²) < 4.78 is 0. The minimum absolute atomic E-state index is 0.310. The second kappa shape index (κ2) is 6.66. The first-order chi connectivity index (χ1) is 8.67. The lowest BCUT2D eigenvalue weighted by molar-refractivity contribution is 0.240. The Bertz CT molecular complexity index is 512. The number of carbonyl (C=O) groups excluding carboxylic acids is 1. The summed E-state index contributed by atoms with van der Waals surface area (Å²) in [4.78, 5) is 11.4. The number of hydrogen-bond acceptors (Lipinski definition) is 4. The third kappa shape index (κ3) is 3.95. The number of hydrogen-bond donors (Lipinski definition) is 3. The fourth-order valence-electron chi connectivity index (χ4n) is 1.19. The summed E-state index contributed by atoms with van der Waals surface area (Å²) in [6, 6.07) is 10.6. The first-order valence-electron chi connectivity index (χ1n) is 5.14. The zero-order chi connectivity index (χ0) is 13.4. The van der Waals surface area contributed by atoms with Crippen LogP contribution in [0.15, 0.2) is 30.3 Å². The Labute approximate surface area is 104 Å². The highest BCUT2D eigenvalue weighted by atomic mass is 16.2. The second-order valence-electron chi connectivity index (χ2n) is 3.40. The molecular weight excluding hydrogens is 230 g/mol. The molecule has 0 aliphatic carbocycles. The summed E-state index contributed by atoms with van der Waals surface area (Å²) in [5.41, 5.74) is 0.420. The summed E-state index contributed by atoms with van der Waals surface area (Å²) in [5, 5.41) is 29.1. The van der Waals surface area contributed by atoms with Gasteiger partial charge in [-0.1, -0.05) is 30.3 Å². The molecule has 6 nitrogen and oxygen atoms in total. The van der Waals surface area contributed by atoms with Crippen LogP contribution in [-0.4, -0.2) is 17.8 Å². The average molecular weight is 241 g/mol. The average Bonchev–Trinajstić information content (AvgIpc) is 2.42. The van der Waals surface area contributed by atoms with Gasteiger partial charge in [0.05, 0.1) is 6.07 Å². The van der Waals surface area contributed by atoms with E-state index in [-0.39, 0.29) is 0 Å². The van der Waals surface area contributed by atoms with Gasteiger partial charge in [-0.3, -0.25) is 5.41 Å². The van der Waals surface area contributed by atoms with E-state index in [1.54, 1.807) is 6.07 Å². The number of nitrogens with zero attached hydrogens (tertiary/aromatic N) is 2. The zero-order valence-electron chi connectivity index (χ0n) is 9.47. The Kier molecular flexibility index (Phi) is 4.89. The first kappa shape index (κ1) is 13.2. The maximum Gasteiger partial charge on any atom is 0.316 e. The number of amides is 2. The largest absolute Gasteiger partial charge is 0.334 e. The quantitative estimate of drug-likeness (QED) is 0.681. The maximum absolute atomic E-state index is 11.4. The van der Waals surface area contributed by atoms with E-state index in [2.05, 4.69) is 10.6 Å². The molecule has 0 saturated carbocycles. The Morgan fingerprint density at radius 1 is 1.33 bits per heavy atom. The van der Waals surface area contributed by atoms with Crippen molar-refractivity contribution < 1.29 is 4.79 Å². The van der Waals surface area contributed by atoms with Crippen molar-refractivity contribution in [3.05, 3.63) is 35.9 Å². The highest BCUT2D eigenvalue weighted by molar-refractivity contribution is 6.03. The van der Waals surface area contributed by atoms with Gasteiger partial charge < -0.3 is 10.6 Å². The van der Waals surface area contributed by atoms with E-state index in [1.165, 1.54) is 6.07 Å². The minimum Gasteiger partial charge on any atom is -0.334 e. The second-order valence-corrected chi connectivity index (χ2v) is 3.40. The third-order valence-electron chi connectivity index (χ3n) is 2.11. The van der Waals surface area contributed by atoms with Crippen molar-refractivity contribution in [3.63, 3.8) is 0 Å². The van der Waals surface area contributed by atoms with E-state index < -0.39 is 17.8 Å². The van der Waals surface area contributed by atoms with E-state index in [1.807, 2.05) is 30.3 Å². The number of nitrogens with one attached hydrogen (secondary N) is 3. The molecule has 1 unspecified atom stereocenters. The Morgan fingerprint density at radius 3 is 2.56 bits per heavy atom. The molecule has 1 atom stereocenters. The number of benzene rings is 1. The van der Waals surface area contributed by atoms with Gasteiger partial charge in [-0.25, -0.2) is 4.79 Å². The monoisotopic (exact) mass is 241 g/mol. The molecule has 0 aromatic heterocycles. The van der Waals surface area contributed by atoms with Crippen LogP contribution in [0.1, 0.15) is 5.56 Å². The predicted molar refractivity (Wildman–Crippen MR) is 64.6 cm³/mol. The smallest absolute Gasteiger partial charge is 0.316 e. The van der Waals surface area contributed by atoms with Crippen LogP contribution < -0.4 is 10.6 Å². The highest BCUT2D eigenvalue weighted by Gasteiger charge is 2.15. The summed E-state index contributed by atoms with van der Waals surface area (Å²) in [7, 11) is 0. The lowest BCUT2D eigenvalue weighted by Gasteiger charge is -2.10. The Hall–Kier alpha value is -2.86. The van der Waals surface area contributed by atoms with Crippen LogP contribution in [0.2, 0.25) is 0 Å². The van der Waals surface area contributed by atoms with Crippen molar-refractivity contribution in [2.24, 2.45) is 0 Å². The van der Waals surface area contributed by atoms with E-state index in [4.69, 9.17) is 15.9 Å². The molecule has 18 heavy (non-hydrogen) atoms. The molecule has 0 bridgehead atoms. The first-order valence-corrected chi connectivity index (χ1v) is 5.14. The van der Waals surface area contributed by atoms with Crippen LogP contribution >= 0.6 is 0 Å². The summed E-state index contributed by atoms with van der Waals surface area (Å²) in [6.45, 7) is 0.310. The van der Waals surface area contributed by atoms with Crippen LogP contribution in [0.3, 0.4) is 0 Å². The summed E-state index contributed by atoms with van der Waals surface area (Å²) in [5.74, 6) is 0. The molecule has 0 fully saturated rings. The molecule has 0 aliphatic rings. The molecule has 0 radical (unpaired) electrons. The SMILES string of the molecule is N#CC(=N)C(C#N)NC(=O)NCc1ccccc1. The number of nitriles is 2. The van der Waals surface area contributed by atoms with Gasteiger partial charge in [0.25, 0.3) is 0 Å². The van der Waals surface area contributed by atoms with Gasteiger partial charge in [-0.2, -0.15) is 10.5 Å². The number of rotatable bonds is 4. The molecular formula is C12H11N5O. The van der Waals surface area contributed by atoms with Crippen molar-refractivity contribution in [2.45, 2.75) is 12.6 Å². The molecule has 0 aliphatic heterocycles. The molecule has 2 amide bonds. The predicted octanol–water partition coefficient (Wildman–Crippen LogP) is 0.921. The van der Waals surface area contributed by atoms with Gasteiger partial charge in [0.2, 0.25) is 0 Å². The lowest BCUT2D eigenvalue weighted by Crippen LogP contribution is -2.44. The van der Waals surface area contributed by atoms with Crippen LogP contribution in [-0.2, 0) is 6.54 Å². The molecule has 1 aromatic rings. The molecule has 90 valence electrons. The van der Waals surface area contributed by atoms with Gasteiger partial charge in [0.1, 0.15) is 11.8 Å². The van der Waals surface area contributed by atoms with Crippen molar-refractivity contribution in [1.82, 2.24) is 10.6 Å². The fourth-order valence-corrected chi connectivity index (χ4v) is 1.19. The van der Waals surface area contributed by atoms with Crippen LogP contribution in [0.4, 0.5) is 4.79 Å². The van der Waals surface area contributed by atoms with E-state index >= 15 is 0 Å². The van der Waals surface area contributed by atoms with Crippen LogP contribution in [0, 0.1) is 28.1 Å². The normalized spacial score (nSPS) is 10.6. The number of urea groups is 1. The van der Waals surface area contributed by atoms with Crippen molar-refractivity contribution in [3.8, 4) is 12.1 Å². The lowest BCUT2D eigenvalue weighted by atomic mass is 10.2. The maximum atomic E-state index is 11.4. The molecule has 1 aromatic carbocycles. The van der Waals surface area contributed by atoms with E-state index in [9.17, 15) is 4.79 Å². The van der Waals surface area contributed by atoms with Crippen molar-refractivity contribution in [2.75, 3.05) is 0 Å². The van der Waals surface area contributed by atoms with Gasteiger partial charge in [-0.15, -0.1) is 0 Å². The molecule has 0 spiro atoms. The molecule has 1 rings (SSSR count). The summed E-state index contributed by atoms with van der Waals surface area (Å²) >= 11 is 0. The van der Waals surface area contributed by atoms with E-state index in [0.29, 0.717) is 6.54 Å². The summed E-state index contributed by atoms with van der Waals surface area (Å²) in [6.07, 6.45) is 0. The van der Waals surface area contributed by atoms with E-state index in [0.717, 1.165) is 5.56 Å². The standard InChI is InChI=1S/C12H11N5O/c13-6-10(15)11(7-14)17-12(18)16-8-9-4-2-1-3-5-9/h1-5,11,15H,8H2,(H2,16,17,18). The highest BCUT2D eigenvalue weighted by Crippen LogP contribution is 1.96. The number of carbonyl (C=O) groups is 1. The van der Waals surface area contributed by atoms with Crippen molar-refractivity contribution in [1.29, 1.82) is 15.9 Å². The zero-order valence-corrected chi connectivity index (χ0v) is 9.47. The third-order valence-corrected chi connectivity index (χ3v) is 2.11. The van der Waals surface area contributed by atoms with Gasteiger partial charge in [0, 0.05) is 6.54 Å². The van der Waals surface area contributed by atoms with Crippen molar-refractivity contribution >= 4 is 11.7 Å².